The molecule has 1 N–H and O–H groups in total. The second-order valence-corrected chi connectivity index (χ2v) is 5.85. The van der Waals surface area contributed by atoms with Gasteiger partial charge in [0.1, 0.15) is 6.54 Å². The molecule has 21 heavy (non-hydrogen) atoms. The van der Waals surface area contributed by atoms with Gasteiger partial charge in [0.15, 0.2) is 5.75 Å². The van der Waals surface area contributed by atoms with Gasteiger partial charge in [-0.1, -0.05) is 6.92 Å². The Balaban J connectivity index is 3.34. The molecule has 0 radical (unpaired) electrons. The monoisotopic (exact) mass is 318 g/mol. The number of nitro groups is 1. The molecular formula is C11H14N2O7S. The first-order valence-corrected chi connectivity index (χ1v) is 7.22. The fourth-order valence-corrected chi connectivity index (χ4v) is 3.06. The molecular weight excluding hydrogens is 304 g/mol. The number of carboxylic acid groups (broad SMARTS) is 1. The van der Waals surface area contributed by atoms with E-state index in [0.29, 0.717) is 4.31 Å². The van der Waals surface area contributed by atoms with Crippen molar-refractivity contribution in [2.75, 3.05) is 20.2 Å². The summed E-state index contributed by atoms with van der Waals surface area (Å²) in [6.07, 6.45) is 0. The van der Waals surface area contributed by atoms with E-state index in [0.717, 1.165) is 18.2 Å². The summed E-state index contributed by atoms with van der Waals surface area (Å²) in [6, 6.07) is 3.13. The number of carboxylic acids is 1. The molecule has 10 heteroatoms. The predicted octanol–water partition coefficient (Wildman–Crippen LogP) is 0.699. The van der Waals surface area contributed by atoms with Crippen LogP contribution < -0.4 is 4.74 Å². The number of rotatable bonds is 7. The number of hydrogen-bond acceptors (Lipinski definition) is 6. The maximum absolute atomic E-state index is 12.3. The predicted molar refractivity (Wildman–Crippen MR) is 71.7 cm³/mol. The Labute approximate surface area is 120 Å². The summed E-state index contributed by atoms with van der Waals surface area (Å²) in [4.78, 5) is 20.5. The number of nitro benzene ring substituents is 1. The lowest BCUT2D eigenvalue weighted by molar-refractivity contribution is -0.386. The zero-order valence-electron chi connectivity index (χ0n) is 11.3. The molecule has 0 saturated heterocycles. The minimum Gasteiger partial charge on any atom is -0.490 e. The van der Waals surface area contributed by atoms with E-state index >= 15 is 0 Å². The SMILES string of the molecule is CCN(CC(=O)O)S(=O)(=O)c1ccc(OC)c([N+](=O)[O-])c1. The van der Waals surface area contributed by atoms with Crippen molar-refractivity contribution < 1.29 is 28.0 Å². The van der Waals surface area contributed by atoms with Crippen molar-refractivity contribution in [3.8, 4) is 5.75 Å². The maximum atomic E-state index is 12.3. The molecule has 0 amide bonds. The van der Waals surface area contributed by atoms with Crippen LogP contribution in [-0.4, -0.2) is 48.9 Å². The summed E-state index contributed by atoms with van der Waals surface area (Å²) in [5, 5.41) is 19.6. The highest BCUT2D eigenvalue weighted by molar-refractivity contribution is 7.89. The first-order valence-electron chi connectivity index (χ1n) is 5.78. The van der Waals surface area contributed by atoms with Crippen molar-refractivity contribution in [1.29, 1.82) is 0 Å². The van der Waals surface area contributed by atoms with Crippen LogP contribution in [0.25, 0.3) is 0 Å². The van der Waals surface area contributed by atoms with Crippen LogP contribution in [0.4, 0.5) is 5.69 Å². The lowest BCUT2D eigenvalue weighted by atomic mass is 10.3. The van der Waals surface area contributed by atoms with Crippen LogP contribution in [0, 0.1) is 10.1 Å². The molecule has 0 saturated carbocycles. The van der Waals surface area contributed by atoms with Gasteiger partial charge in [0.2, 0.25) is 10.0 Å². The Morgan fingerprint density at radius 1 is 1.48 bits per heavy atom. The molecule has 0 heterocycles. The fraction of sp³-hybridized carbons (Fsp3) is 0.364. The summed E-state index contributed by atoms with van der Waals surface area (Å²) in [7, 11) is -2.91. The highest BCUT2D eigenvalue weighted by Gasteiger charge is 2.28. The van der Waals surface area contributed by atoms with Gasteiger partial charge in [-0.25, -0.2) is 8.42 Å². The maximum Gasteiger partial charge on any atom is 0.318 e. The van der Waals surface area contributed by atoms with Crippen LogP contribution in [0.3, 0.4) is 0 Å². The Bertz CT molecular complexity index is 657. The van der Waals surface area contributed by atoms with Crippen molar-refractivity contribution in [2.24, 2.45) is 0 Å². The van der Waals surface area contributed by atoms with Crippen molar-refractivity contribution in [1.82, 2.24) is 4.31 Å². The van der Waals surface area contributed by atoms with Crippen LogP contribution in [-0.2, 0) is 14.8 Å². The van der Waals surface area contributed by atoms with Crippen LogP contribution in [0.2, 0.25) is 0 Å². The third kappa shape index (κ3) is 3.67. The van der Waals surface area contributed by atoms with E-state index in [-0.39, 0.29) is 17.2 Å². The number of benzene rings is 1. The van der Waals surface area contributed by atoms with Crippen LogP contribution >= 0.6 is 0 Å². The van der Waals surface area contributed by atoms with E-state index in [9.17, 15) is 23.3 Å². The van der Waals surface area contributed by atoms with Gasteiger partial charge >= 0.3 is 11.7 Å². The zero-order chi connectivity index (χ0) is 16.2. The van der Waals surface area contributed by atoms with Crippen molar-refractivity contribution in [3.05, 3.63) is 28.3 Å². The fourth-order valence-electron chi connectivity index (χ4n) is 1.64. The van der Waals surface area contributed by atoms with Gasteiger partial charge in [-0.2, -0.15) is 4.31 Å². The normalized spacial score (nSPS) is 11.4. The minimum absolute atomic E-state index is 0.0749. The van der Waals surface area contributed by atoms with Crippen molar-refractivity contribution in [2.45, 2.75) is 11.8 Å². The Morgan fingerprint density at radius 3 is 2.52 bits per heavy atom. The van der Waals surface area contributed by atoms with Gasteiger partial charge in [0, 0.05) is 12.6 Å². The zero-order valence-corrected chi connectivity index (χ0v) is 12.2. The van der Waals surface area contributed by atoms with Crippen molar-refractivity contribution in [3.63, 3.8) is 0 Å². The van der Waals surface area contributed by atoms with E-state index < -0.39 is 33.1 Å². The molecule has 1 aromatic rings. The molecule has 0 aliphatic heterocycles. The topological polar surface area (TPSA) is 127 Å². The van der Waals surface area contributed by atoms with E-state index in [1.165, 1.54) is 14.0 Å². The third-order valence-electron chi connectivity index (χ3n) is 2.65. The molecule has 0 aromatic heterocycles. The van der Waals surface area contributed by atoms with Gasteiger partial charge in [0.25, 0.3) is 0 Å². The number of sulfonamides is 1. The second-order valence-electron chi connectivity index (χ2n) is 3.92. The standard InChI is InChI=1S/C11H14N2O7S/c1-3-12(7-11(14)15)21(18,19)8-4-5-10(20-2)9(6-8)13(16)17/h4-6H,3,7H2,1-2H3,(H,14,15). The molecule has 0 aliphatic rings. The van der Waals surface area contributed by atoms with Gasteiger partial charge in [-0.15, -0.1) is 0 Å². The van der Waals surface area contributed by atoms with Gasteiger partial charge in [-0.3, -0.25) is 14.9 Å². The average molecular weight is 318 g/mol. The Kier molecular flexibility index (Phi) is 5.22. The van der Waals surface area contributed by atoms with Gasteiger partial charge in [-0.05, 0) is 12.1 Å². The molecule has 0 bridgehead atoms. The molecule has 0 aliphatic carbocycles. The molecule has 0 spiro atoms. The van der Waals surface area contributed by atoms with E-state index in [1.807, 2.05) is 0 Å². The smallest absolute Gasteiger partial charge is 0.318 e. The number of nitrogens with zero attached hydrogens (tertiary/aromatic N) is 2. The first-order chi connectivity index (χ1) is 9.73. The average Bonchev–Trinajstić information content (AvgIpc) is 2.43. The molecule has 0 unspecified atom stereocenters. The quantitative estimate of drug-likeness (QED) is 0.579. The second kappa shape index (κ2) is 6.50. The largest absolute Gasteiger partial charge is 0.490 e. The Hall–Kier alpha value is -2.20. The highest BCUT2D eigenvalue weighted by atomic mass is 32.2. The number of methoxy groups -OCH3 is 1. The number of hydrogen-bond donors (Lipinski definition) is 1. The summed E-state index contributed by atoms with van der Waals surface area (Å²) in [6.45, 7) is 0.672. The molecule has 1 aromatic carbocycles. The molecule has 0 atom stereocenters. The van der Waals surface area contributed by atoms with Crippen molar-refractivity contribution >= 4 is 21.7 Å². The summed E-state index contributed by atoms with van der Waals surface area (Å²) < 4.78 is 30.0. The molecule has 0 fully saturated rings. The number of ether oxygens (including phenoxy) is 1. The lowest BCUT2D eigenvalue weighted by Crippen LogP contribution is -2.35. The molecule has 116 valence electrons. The number of carbonyl (C=O) groups is 1. The van der Waals surface area contributed by atoms with Crippen LogP contribution in [0.15, 0.2) is 23.1 Å². The van der Waals surface area contributed by atoms with Gasteiger partial charge < -0.3 is 9.84 Å². The molecule has 1 rings (SSSR count). The number of aliphatic carboxylic acids is 1. The number of likely N-dealkylation sites (N-methyl/N-ethyl adjacent to an activating group) is 1. The third-order valence-corrected chi connectivity index (χ3v) is 4.57. The van der Waals surface area contributed by atoms with E-state index in [1.54, 1.807) is 0 Å². The van der Waals surface area contributed by atoms with E-state index in [2.05, 4.69) is 0 Å². The lowest BCUT2D eigenvalue weighted by Gasteiger charge is -2.18. The van der Waals surface area contributed by atoms with Crippen LogP contribution in [0.5, 0.6) is 5.75 Å². The van der Waals surface area contributed by atoms with Gasteiger partial charge in [0.05, 0.1) is 16.9 Å². The summed E-state index contributed by atoms with van der Waals surface area (Å²) in [5.74, 6) is -1.40. The molecule has 9 nitrogen and oxygen atoms in total. The summed E-state index contributed by atoms with van der Waals surface area (Å²) >= 11 is 0. The Morgan fingerprint density at radius 2 is 2.10 bits per heavy atom. The van der Waals surface area contributed by atoms with Crippen LogP contribution in [0.1, 0.15) is 6.92 Å². The first kappa shape index (κ1) is 16.9. The minimum atomic E-state index is -4.13. The van der Waals surface area contributed by atoms with E-state index in [4.69, 9.17) is 9.84 Å². The summed E-state index contributed by atoms with van der Waals surface area (Å²) in [5.41, 5.74) is -0.509. The highest BCUT2D eigenvalue weighted by Crippen LogP contribution is 2.30.